The SMILES string of the molecule is CC(NC(=O)C1CC=CC1)c1nc(C(=O)O)cs1. The van der Waals surface area contributed by atoms with Gasteiger partial charge in [0.1, 0.15) is 5.01 Å². The monoisotopic (exact) mass is 266 g/mol. The van der Waals surface area contributed by atoms with Crippen molar-refractivity contribution in [1.29, 1.82) is 0 Å². The van der Waals surface area contributed by atoms with Crippen molar-refractivity contribution in [2.45, 2.75) is 25.8 Å². The van der Waals surface area contributed by atoms with E-state index in [9.17, 15) is 9.59 Å². The molecule has 1 aromatic heterocycles. The van der Waals surface area contributed by atoms with Gasteiger partial charge in [0.25, 0.3) is 0 Å². The summed E-state index contributed by atoms with van der Waals surface area (Å²) in [6, 6.07) is -0.254. The molecule has 1 atom stereocenters. The lowest BCUT2D eigenvalue weighted by Gasteiger charge is -2.14. The zero-order valence-corrected chi connectivity index (χ0v) is 10.7. The van der Waals surface area contributed by atoms with Crippen molar-refractivity contribution in [2.75, 3.05) is 0 Å². The van der Waals surface area contributed by atoms with Crippen molar-refractivity contribution in [2.24, 2.45) is 5.92 Å². The maximum Gasteiger partial charge on any atom is 0.355 e. The Bertz CT molecular complexity index is 487. The molecular formula is C12H14N2O3S. The van der Waals surface area contributed by atoms with Crippen molar-refractivity contribution in [1.82, 2.24) is 10.3 Å². The third kappa shape index (κ3) is 2.76. The highest BCUT2D eigenvalue weighted by molar-refractivity contribution is 7.09. The van der Waals surface area contributed by atoms with E-state index in [-0.39, 0.29) is 23.6 Å². The summed E-state index contributed by atoms with van der Waals surface area (Å²) in [6.45, 7) is 1.81. The number of amides is 1. The number of thiazole rings is 1. The number of rotatable bonds is 4. The number of nitrogens with one attached hydrogen (secondary N) is 1. The van der Waals surface area contributed by atoms with E-state index in [1.54, 1.807) is 0 Å². The summed E-state index contributed by atoms with van der Waals surface area (Å²) >= 11 is 1.25. The Labute approximate surface area is 109 Å². The molecule has 0 aromatic carbocycles. The Balaban J connectivity index is 1.96. The van der Waals surface area contributed by atoms with Gasteiger partial charge in [0.2, 0.25) is 5.91 Å². The standard InChI is InChI=1S/C12H14N2O3S/c1-7(11-14-9(6-18-11)12(16)17)13-10(15)8-4-2-3-5-8/h2-3,6-8H,4-5H2,1H3,(H,13,15)(H,16,17). The van der Waals surface area contributed by atoms with Crippen LogP contribution >= 0.6 is 11.3 Å². The first-order chi connectivity index (χ1) is 8.58. The summed E-state index contributed by atoms with van der Waals surface area (Å²) in [6.07, 6.45) is 5.55. The molecule has 0 saturated carbocycles. The summed E-state index contributed by atoms with van der Waals surface area (Å²) in [4.78, 5) is 26.6. The first-order valence-electron chi connectivity index (χ1n) is 5.72. The Morgan fingerprint density at radius 3 is 2.72 bits per heavy atom. The van der Waals surface area contributed by atoms with Gasteiger partial charge < -0.3 is 10.4 Å². The lowest BCUT2D eigenvalue weighted by Crippen LogP contribution is -2.31. The van der Waals surface area contributed by atoms with E-state index < -0.39 is 5.97 Å². The Morgan fingerprint density at radius 2 is 2.17 bits per heavy atom. The van der Waals surface area contributed by atoms with Crippen LogP contribution in [0.25, 0.3) is 0 Å². The second kappa shape index (κ2) is 5.30. The van der Waals surface area contributed by atoms with Crippen LogP contribution in [0.15, 0.2) is 17.5 Å². The van der Waals surface area contributed by atoms with Gasteiger partial charge in [-0.05, 0) is 19.8 Å². The molecule has 0 radical (unpaired) electrons. The van der Waals surface area contributed by atoms with Gasteiger partial charge in [-0.15, -0.1) is 11.3 Å². The van der Waals surface area contributed by atoms with Gasteiger partial charge in [0.15, 0.2) is 5.69 Å². The summed E-state index contributed by atoms with van der Waals surface area (Å²) in [5.41, 5.74) is 0.0265. The fourth-order valence-corrected chi connectivity index (χ4v) is 2.61. The maximum atomic E-state index is 11.9. The minimum atomic E-state index is -1.05. The summed E-state index contributed by atoms with van der Waals surface area (Å²) in [5, 5.41) is 13.8. The Morgan fingerprint density at radius 1 is 1.50 bits per heavy atom. The number of carbonyl (C=O) groups is 2. The summed E-state index contributed by atoms with van der Waals surface area (Å²) in [7, 11) is 0. The topological polar surface area (TPSA) is 79.3 Å². The number of hydrogen-bond donors (Lipinski definition) is 2. The average Bonchev–Trinajstić information content (AvgIpc) is 3.00. The molecule has 2 N–H and O–H groups in total. The van der Waals surface area contributed by atoms with Gasteiger partial charge in [-0.3, -0.25) is 4.79 Å². The smallest absolute Gasteiger partial charge is 0.355 e. The van der Waals surface area contributed by atoms with Crippen LogP contribution in [0.2, 0.25) is 0 Å². The highest BCUT2D eigenvalue weighted by Gasteiger charge is 2.22. The number of hydrogen-bond acceptors (Lipinski definition) is 4. The van der Waals surface area contributed by atoms with Gasteiger partial charge in [0.05, 0.1) is 6.04 Å². The van der Waals surface area contributed by atoms with Crippen molar-refractivity contribution >= 4 is 23.2 Å². The van der Waals surface area contributed by atoms with Crippen molar-refractivity contribution in [3.05, 3.63) is 28.2 Å². The number of aromatic carboxylic acids is 1. The van der Waals surface area contributed by atoms with Crippen LogP contribution in [0.1, 0.15) is 41.3 Å². The first kappa shape index (κ1) is 12.8. The van der Waals surface area contributed by atoms with E-state index in [2.05, 4.69) is 10.3 Å². The lowest BCUT2D eigenvalue weighted by molar-refractivity contribution is -0.125. The van der Waals surface area contributed by atoms with Gasteiger partial charge >= 0.3 is 5.97 Å². The molecule has 1 heterocycles. The lowest BCUT2D eigenvalue weighted by atomic mass is 10.1. The molecule has 0 spiro atoms. The minimum absolute atomic E-state index is 0.000394. The summed E-state index contributed by atoms with van der Waals surface area (Å²) in [5.74, 6) is -1.04. The second-order valence-electron chi connectivity index (χ2n) is 4.25. The molecule has 1 amide bonds. The molecule has 0 bridgehead atoms. The van der Waals surface area contributed by atoms with Crippen LogP contribution in [-0.2, 0) is 4.79 Å². The average molecular weight is 266 g/mol. The molecule has 0 fully saturated rings. The van der Waals surface area contributed by atoms with Gasteiger partial charge in [-0.1, -0.05) is 12.2 Å². The zero-order valence-electron chi connectivity index (χ0n) is 9.92. The van der Waals surface area contributed by atoms with E-state index in [1.807, 2.05) is 19.1 Å². The fraction of sp³-hybridized carbons (Fsp3) is 0.417. The molecule has 18 heavy (non-hydrogen) atoms. The number of carbonyl (C=O) groups excluding carboxylic acids is 1. The van der Waals surface area contributed by atoms with Crippen LogP contribution in [0.4, 0.5) is 0 Å². The maximum absolute atomic E-state index is 11.9. The molecule has 2 rings (SSSR count). The van der Waals surface area contributed by atoms with Crippen LogP contribution in [-0.4, -0.2) is 22.0 Å². The van der Waals surface area contributed by atoms with Gasteiger partial charge in [-0.25, -0.2) is 9.78 Å². The van der Waals surface area contributed by atoms with E-state index in [0.29, 0.717) is 5.01 Å². The highest BCUT2D eigenvalue weighted by atomic mass is 32.1. The largest absolute Gasteiger partial charge is 0.476 e. The van der Waals surface area contributed by atoms with Crippen LogP contribution in [0.3, 0.4) is 0 Å². The van der Waals surface area contributed by atoms with Gasteiger partial charge in [0, 0.05) is 11.3 Å². The van der Waals surface area contributed by atoms with Crippen LogP contribution < -0.4 is 5.32 Å². The fourth-order valence-electron chi connectivity index (χ4n) is 1.81. The van der Waals surface area contributed by atoms with Crippen LogP contribution in [0.5, 0.6) is 0 Å². The second-order valence-corrected chi connectivity index (χ2v) is 5.14. The van der Waals surface area contributed by atoms with Crippen molar-refractivity contribution in [3.63, 3.8) is 0 Å². The molecule has 1 aliphatic rings. The first-order valence-corrected chi connectivity index (χ1v) is 6.60. The van der Waals surface area contributed by atoms with E-state index >= 15 is 0 Å². The third-order valence-electron chi connectivity index (χ3n) is 2.85. The highest BCUT2D eigenvalue weighted by Crippen LogP contribution is 2.21. The van der Waals surface area contributed by atoms with Gasteiger partial charge in [-0.2, -0.15) is 0 Å². The summed E-state index contributed by atoms with van der Waals surface area (Å²) < 4.78 is 0. The Kier molecular flexibility index (Phi) is 3.76. The van der Waals surface area contributed by atoms with Crippen molar-refractivity contribution < 1.29 is 14.7 Å². The van der Waals surface area contributed by atoms with E-state index in [0.717, 1.165) is 12.8 Å². The molecule has 5 nitrogen and oxygen atoms in total. The molecule has 1 unspecified atom stereocenters. The number of allylic oxidation sites excluding steroid dienone is 2. The number of carboxylic acid groups (broad SMARTS) is 1. The number of nitrogens with zero attached hydrogens (tertiary/aromatic N) is 1. The molecule has 1 aromatic rings. The van der Waals surface area contributed by atoms with Crippen LogP contribution in [0, 0.1) is 5.92 Å². The zero-order chi connectivity index (χ0) is 13.1. The quantitative estimate of drug-likeness (QED) is 0.817. The minimum Gasteiger partial charge on any atom is -0.476 e. The van der Waals surface area contributed by atoms with E-state index in [1.165, 1.54) is 16.7 Å². The molecule has 0 aliphatic heterocycles. The predicted octanol–water partition coefficient (Wildman–Crippen LogP) is 1.98. The molecule has 0 saturated heterocycles. The molecule has 1 aliphatic carbocycles. The Hall–Kier alpha value is -1.69. The molecule has 6 heteroatoms. The normalized spacial score (nSPS) is 16.7. The molecule has 96 valence electrons. The number of carboxylic acids is 1. The van der Waals surface area contributed by atoms with E-state index in [4.69, 9.17) is 5.11 Å². The third-order valence-corrected chi connectivity index (χ3v) is 3.88. The molecular weight excluding hydrogens is 252 g/mol. The predicted molar refractivity (Wildman–Crippen MR) is 67.5 cm³/mol. The van der Waals surface area contributed by atoms with Crippen molar-refractivity contribution in [3.8, 4) is 0 Å². The number of aromatic nitrogens is 1.